The predicted octanol–water partition coefficient (Wildman–Crippen LogP) is 3.44. The molecule has 1 unspecified atom stereocenters. The van der Waals surface area contributed by atoms with E-state index in [1.165, 1.54) is 0 Å². The molecule has 0 aromatic heterocycles. The molecule has 0 aliphatic carbocycles. The molecule has 0 aliphatic rings. The Morgan fingerprint density at radius 1 is 1.14 bits per heavy atom. The number of rotatable bonds is 8. The summed E-state index contributed by atoms with van der Waals surface area (Å²) in [5.74, 6) is 0. The molecule has 21 heavy (non-hydrogen) atoms. The zero-order chi connectivity index (χ0) is 15.9. The number of benzene rings is 1. The monoisotopic (exact) mass is 302 g/mol. The number of alkyl halides is 3. The molecule has 0 bridgehead atoms. The maximum atomic E-state index is 12.3. The Kier molecular flexibility index (Phi) is 6.68. The summed E-state index contributed by atoms with van der Waals surface area (Å²) in [5, 5.41) is 3.32. The summed E-state index contributed by atoms with van der Waals surface area (Å²) in [4.78, 5) is 1.76. The molecule has 2 nitrogen and oxygen atoms in total. The fourth-order valence-electron chi connectivity index (χ4n) is 2.48. The van der Waals surface area contributed by atoms with Crippen LogP contribution in [-0.4, -0.2) is 44.3 Å². The lowest BCUT2D eigenvalue weighted by Gasteiger charge is -2.35. The predicted molar refractivity (Wildman–Crippen MR) is 80.5 cm³/mol. The fraction of sp³-hybridized carbons (Fsp3) is 0.625. The van der Waals surface area contributed by atoms with Crippen molar-refractivity contribution in [1.29, 1.82) is 0 Å². The Bertz CT molecular complexity index is 406. The zero-order valence-electron chi connectivity index (χ0n) is 13.0. The summed E-state index contributed by atoms with van der Waals surface area (Å²) in [5.41, 5.74) is 0.933. The third-order valence-corrected chi connectivity index (χ3v) is 3.63. The Morgan fingerprint density at radius 3 is 2.29 bits per heavy atom. The van der Waals surface area contributed by atoms with Crippen molar-refractivity contribution in [1.82, 2.24) is 10.2 Å². The van der Waals surface area contributed by atoms with Crippen molar-refractivity contribution in [3.8, 4) is 0 Å². The molecule has 1 rings (SSSR count). The maximum absolute atomic E-state index is 12.3. The van der Waals surface area contributed by atoms with Gasteiger partial charge in [0.25, 0.3) is 0 Å². The van der Waals surface area contributed by atoms with Gasteiger partial charge in [0.1, 0.15) is 0 Å². The Balaban J connectivity index is 2.74. The van der Waals surface area contributed by atoms with Gasteiger partial charge in [-0.25, -0.2) is 0 Å². The quantitative estimate of drug-likeness (QED) is 0.791. The minimum Gasteiger partial charge on any atom is -0.316 e. The molecule has 0 amide bonds. The molecule has 0 saturated carbocycles. The van der Waals surface area contributed by atoms with Crippen LogP contribution in [-0.2, 0) is 5.41 Å². The van der Waals surface area contributed by atoms with Crippen molar-refractivity contribution in [2.45, 2.75) is 31.9 Å². The lowest BCUT2D eigenvalue weighted by molar-refractivity contribution is -0.137. The highest BCUT2D eigenvalue weighted by atomic mass is 19.4. The van der Waals surface area contributed by atoms with E-state index in [4.69, 9.17) is 0 Å². The topological polar surface area (TPSA) is 15.3 Å². The van der Waals surface area contributed by atoms with Gasteiger partial charge in [0.05, 0.1) is 6.42 Å². The van der Waals surface area contributed by atoms with Gasteiger partial charge in [-0.3, -0.25) is 0 Å². The summed E-state index contributed by atoms with van der Waals surface area (Å²) < 4.78 is 37.0. The van der Waals surface area contributed by atoms with E-state index in [0.29, 0.717) is 6.54 Å². The highest BCUT2D eigenvalue weighted by Gasteiger charge is 2.31. The van der Waals surface area contributed by atoms with E-state index in [1.54, 1.807) is 11.9 Å². The smallest absolute Gasteiger partial charge is 0.316 e. The van der Waals surface area contributed by atoms with E-state index in [-0.39, 0.29) is 12.0 Å². The molecule has 0 spiro atoms. The van der Waals surface area contributed by atoms with E-state index in [2.05, 4.69) is 12.2 Å². The normalized spacial score (nSPS) is 15.2. The molecule has 0 aliphatic heterocycles. The van der Waals surface area contributed by atoms with E-state index in [9.17, 15) is 13.2 Å². The van der Waals surface area contributed by atoms with Crippen LogP contribution in [0, 0.1) is 0 Å². The highest BCUT2D eigenvalue weighted by Crippen LogP contribution is 2.25. The van der Waals surface area contributed by atoms with Crippen LogP contribution in [0.3, 0.4) is 0 Å². The molecular weight excluding hydrogens is 277 g/mol. The number of hydrogen-bond donors (Lipinski definition) is 1. The lowest BCUT2D eigenvalue weighted by Crippen LogP contribution is -2.45. The van der Waals surface area contributed by atoms with Gasteiger partial charge in [-0.1, -0.05) is 44.2 Å². The maximum Gasteiger partial charge on any atom is 0.390 e. The standard InChI is InChI=1S/C16H25F3N2/c1-4-20-12-15(2,14-8-6-5-7-9-14)13-21(3)11-10-16(17,18)19/h5-9,20H,4,10-13H2,1-3H3. The Morgan fingerprint density at radius 2 is 1.76 bits per heavy atom. The summed E-state index contributed by atoms with van der Waals surface area (Å²) in [6.45, 7) is 6.31. The van der Waals surface area contributed by atoms with Crippen LogP contribution >= 0.6 is 0 Å². The summed E-state index contributed by atoms with van der Waals surface area (Å²) >= 11 is 0. The molecule has 5 heteroatoms. The third-order valence-electron chi connectivity index (χ3n) is 3.63. The fourth-order valence-corrected chi connectivity index (χ4v) is 2.48. The zero-order valence-corrected chi connectivity index (χ0v) is 13.0. The van der Waals surface area contributed by atoms with Gasteiger partial charge in [-0.15, -0.1) is 0 Å². The van der Waals surface area contributed by atoms with E-state index < -0.39 is 12.6 Å². The molecule has 0 heterocycles. The molecule has 1 atom stereocenters. The van der Waals surface area contributed by atoms with Crippen LogP contribution in [0.1, 0.15) is 25.8 Å². The molecule has 0 fully saturated rings. The van der Waals surface area contributed by atoms with Crippen molar-refractivity contribution in [3.05, 3.63) is 35.9 Å². The van der Waals surface area contributed by atoms with Crippen LogP contribution < -0.4 is 5.32 Å². The molecular formula is C16H25F3N2. The van der Waals surface area contributed by atoms with Crippen LogP contribution in [0.4, 0.5) is 13.2 Å². The molecule has 1 aromatic rings. The van der Waals surface area contributed by atoms with Gasteiger partial charge in [0, 0.05) is 25.0 Å². The van der Waals surface area contributed by atoms with Gasteiger partial charge >= 0.3 is 6.18 Å². The van der Waals surface area contributed by atoms with Crippen molar-refractivity contribution in [2.24, 2.45) is 0 Å². The highest BCUT2D eigenvalue weighted by molar-refractivity contribution is 5.25. The molecule has 0 radical (unpaired) electrons. The Hall–Kier alpha value is -1.07. The van der Waals surface area contributed by atoms with E-state index in [1.807, 2.05) is 37.3 Å². The van der Waals surface area contributed by atoms with Crippen molar-refractivity contribution < 1.29 is 13.2 Å². The largest absolute Gasteiger partial charge is 0.390 e. The van der Waals surface area contributed by atoms with E-state index in [0.717, 1.165) is 18.7 Å². The first-order chi connectivity index (χ1) is 9.77. The van der Waals surface area contributed by atoms with Crippen molar-refractivity contribution in [2.75, 3.05) is 33.2 Å². The summed E-state index contributed by atoms with van der Waals surface area (Å²) in [6.07, 6.45) is -4.87. The number of hydrogen-bond acceptors (Lipinski definition) is 2. The number of nitrogens with one attached hydrogen (secondary N) is 1. The summed E-state index contributed by atoms with van der Waals surface area (Å²) in [7, 11) is 1.75. The first-order valence-corrected chi connectivity index (χ1v) is 7.28. The average molecular weight is 302 g/mol. The Labute approximate surface area is 125 Å². The summed E-state index contributed by atoms with van der Waals surface area (Å²) in [6, 6.07) is 9.96. The third kappa shape index (κ3) is 6.48. The van der Waals surface area contributed by atoms with Gasteiger partial charge in [-0.2, -0.15) is 13.2 Å². The average Bonchev–Trinajstić information content (AvgIpc) is 2.43. The SMILES string of the molecule is CCNCC(C)(CN(C)CCC(F)(F)F)c1ccccc1. The van der Waals surface area contributed by atoms with Crippen LogP contribution in [0.25, 0.3) is 0 Å². The first-order valence-electron chi connectivity index (χ1n) is 7.28. The minimum atomic E-state index is -4.10. The van der Waals surface area contributed by atoms with Crippen LogP contribution in [0.5, 0.6) is 0 Å². The van der Waals surface area contributed by atoms with E-state index >= 15 is 0 Å². The van der Waals surface area contributed by atoms with Crippen LogP contribution in [0.15, 0.2) is 30.3 Å². The number of nitrogens with zero attached hydrogens (tertiary/aromatic N) is 1. The second kappa shape index (κ2) is 7.80. The van der Waals surface area contributed by atoms with Gasteiger partial charge in [0.2, 0.25) is 0 Å². The molecule has 1 aromatic carbocycles. The molecule has 1 N–H and O–H groups in total. The lowest BCUT2D eigenvalue weighted by atomic mass is 9.81. The van der Waals surface area contributed by atoms with Crippen molar-refractivity contribution in [3.63, 3.8) is 0 Å². The van der Waals surface area contributed by atoms with Gasteiger partial charge in [0.15, 0.2) is 0 Å². The number of halogens is 3. The van der Waals surface area contributed by atoms with Crippen LogP contribution in [0.2, 0.25) is 0 Å². The second-order valence-corrected chi connectivity index (χ2v) is 5.81. The van der Waals surface area contributed by atoms with Gasteiger partial charge < -0.3 is 10.2 Å². The van der Waals surface area contributed by atoms with Gasteiger partial charge in [-0.05, 0) is 19.2 Å². The van der Waals surface area contributed by atoms with Crippen molar-refractivity contribution >= 4 is 0 Å². The molecule has 0 saturated heterocycles. The minimum absolute atomic E-state index is 0.0258. The first kappa shape index (κ1) is 18.0. The molecule has 120 valence electrons. The number of likely N-dealkylation sites (N-methyl/N-ethyl adjacent to an activating group) is 2. The second-order valence-electron chi connectivity index (χ2n) is 5.81.